The predicted molar refractivity (Wildman–Crippen MR) is 51.2 cm³/mol. The van der Waals surface area contributed by atoms with Gasteiger partial charge in [-0.2, -0.15) is 12.8 Å². The zero-order valence-electron chi connectivity index (χ0n) is 7.19. The molecular formula is C7H7ClN2O3S. The largest absolute Gasteiger partial charge is 0.858 e. The van der Waals surface area contributed by atoms with Crippen molar-refractivity contribution in [2.45, 2.75) is 4.90 Å². The molecule has 1 aliphatic heterocycles. The van der Waals surface area contributed by atoms with Crippen molar-refractivity contribution in [3.8, 4) is 0 Å². The summed E-state index contributed by atoms with van der Waals surface area (Å²) in [6, 6.07) is 3.99. The summed E-state index contributed by atoms with van der Waals surface area (Å²) in [5, 5.41) is 11.3. The lowest BCUT2D eigenvalue weighted by Crippen LogP contribution is -2.16. The van der Waals surface area contributed by atoms with Gasteiger partial charge in [-0.3, -0.25) is 0 Å². The van der Waals surface area contributed by atoms with Gasteiger partial charge in [-0.1, -0.05) is 11.6 Å². The number of hydrogen-bond acceptors (Lipinski definition) is 3. The van der Waals surface area contributed by atoms with E-state index < -0.39 is 15.9 Å². The van der Waals surface area contributed by atoms with Crippen molar-refractivity contribution in [1.82, 2.24) is 6.15 Å². The smallest absolute Gasteiger partial charge is 0.282 e. The van der Waals surface area contributed by atoms with Crippen molar-refractivity contribution < 1.29 is 13.5 Å². The molecule has 1 heterocycles. The number of fused-ring (bicyclic) bond motifs is 1. The first kappa shape index (κ1) is 11.0. The molecule has 0 unspecified atom stereocenters. The van der Waals surface area contributed by atoms with Crippen LogP contribution in [0.25, 0.3) is 0 Å². The van der Waals surface area contributed by atoms with Crippen LogP contribution in [0.15, 0.2) is 27.5 Å². The van der Waals surface area contributed by atoms with Gasteiger partial charge in [-0.25, -0.2) is 0 Å². The quantitative estimate of drug-likeness (QED) is 0.707. The fourth-order valence-corrected chi connectivity index (χ4v) is 2.35. The molecule has 1 aromatic carbocycles. The Morgan fingerprint density at radius 2 is 2.00 bits per heavy atom. The zero-order valence-corrected chi connectivity index (χ0v) is 8.76. The number of nitrogens with zero attached hydrogens (tertiary/aromatic N) is 1. The summed E-state index contributed by atoms with van der Waals surface area (Å²) < 4.78 is 25.3. The second-order valence-electron chi connectivity index (χ2n) is 2.51. The average Bonchev–Trinajstić information content (AvgIpc) is 2.22. The fraction of sp³-hybridized carbons (Fsp3) is 0. The van der Waals surface area contributed by atoms with Crippen molar-refractivity contribution in [2.75, 3.05) is 0 Å². The first-order chi connectivity index (χ1) is 6.00. The van der Waals surface area contributed by atoms with E-state index in [4.69, 9.17) is 11.6 Å². The average molecular weight is 235 g/mol. The number of quaternary nitrogens is 1. The first-order valence-electron chi connectivity index (χ1n) is 3.32. The maximum Gasteiger partial charge on any atom is 0.282 e. The van der Waals surface area contributed by atoms with E-state index in [1.807, 2.05) is 0 Å². The third kappa shape index (κ3) is 1.47. The molecule has 0 saturated carbocycles. The molecular weight excluding hydrogens is 228 g/mol. The van der Waals surface area contributed by atoms with Gasteiger partial charge in [0, 0.05) is 16.5 Å². The Bertz CT molecular complexity index is 510. The molecule has 0 bridgehead atoms. The second-order valence-corrected chi connectivity index (χ2v) is 4.52. The number of sulfonamides is 1. The monoisotopic (exact) mass is 234 g/mol. The molecule has 0 atom stereocenters. The number of benzene rings is 1. The third-order valence-corrected chi connectivity index (χ3v) is 3.21. The maximum absolute atomic E-state index is 11.1. The van der Waals surface area contributed by atoms with Crippen LogP contribution in [0.4, 0.5) is 0 Å². The van der Waals surface area contributed by atoms with Gasteiger partial charge in [0.1, 0.15) is 0 Å². The Labute approximate surface area is 85.7 Å². The summed E-state index contributed by atoms with van der Waals surface area (Å²) in [6.45, 7) is 0. The highest BCUT2D eigenvalue weighted by molar-refractivity contribution is 7.90. The minimum atomic E-state index is -3.75. The molecule has 0 amide bonds. The van der Waals surface area contributed by atoms with Gasteiger partial charge >= 0.3 is 0 Å². The summed E-state index contributed by atoms with van der Waals surface area (Å²) >= 11 is 5.59. The zero-order chi connectivity index (χ0) is 9.64. The molecule has 0 aliphatic carbocycles. The molecule has 1 aromatic rings. The summed E-state index contributed by atoms with van der Waals surface area (Å²) in [7, 11) is -3.75. The minimum absolute atomic E-state index is 0. The van der Waals surface area contributed by atoms with Crippen molar-refractivity contribution in [3.63, 3.8) is 0 Å². The van der Waals surface area contributed by atoms with Crippen LogP contribution in [-0.2, 0) is 10.0 Å². The number of rotatable bonds is 0. The Kier molecular flexibility index (Phi) is 2.53. The summed E-state index contributed by atoms with van der Waals surface area (Å²) in [5.74, 6) is -0.752. The highest BCUT2D eigenvalue weighted by Gasteiger charge is 2.23. The van der Waals surface area contributed by atoms with Gasteiger partial charge in [0.2, 0.25) is 0 Å². The van der Waals surface area contributed by atoms with Gasteiger partial charge in [0.05, 0.1) is 4.90 Å². The molecule has 0 radical (unpaired) electrons. The van der Waals surface area contributed by atoms with E-state index in [1.165, 1.54) is 18.2 Å². The lowest BCUT2D eigenvalue weighted by Gasteiger charge is -2.03. The van der Waals surface area contributed by atoms with Gasteiger partial charge in [0.25, 0.3) is 10.0 Å². The van der Waals surface area contributed by atoms with Crippen LogP contribution in [0, 0.1) is 0 Å². The lowest BCUT2D eigenvalue weighted by molar-refractivity contribution is -0.212. The molecule has 0 spiro atoms. The van der Waals surface area contributed by atoms with Crippen LogP contribution in [0.3, 0.4) is 0 Å². The molecule has 76 valence electrons. The molecule has 5 nitrogen and oxygen atoms in total. The van der Waals surface area contributed by atoms with E-state index in [0.717, 1.165) is 0 Å². The molecule has 14 heavy (non-hydrogen) atoms. The van der Waals surface area contributed by atoms with Gasteiger partial charge in [-0.05, 0) is 18.2 Å². The second kappa shape index (κ2) is 3.23. The first-order valence-corrected chi connectivity index (χ1v) is 5.14. The Hall–Kier alpha value is -1.11. The molecule has 0 saturated heterocycles. The number of halogens is 1. The Balaban J connectivity index is 0.000000980. The lowest BCUT2D eigenvalue weighted by atomic mass is 10.2. The topological polar surface area (TPSA) is 106 Å². The Morgan fingerprint density at radius 3 is 2.64 bits per heavy atom. The Morgan fingerprint density at radius 1 is 1.36 bits per heavy atom. The predicted octanol–water partition coefficient (Wildman–Crippen LogP) is 0.525. The molecule has 7 heteroatoms. The van der Waals surface area contributed by atoms with Crippen LogP contribution >= 0.6 is 11.6 Å². The summed E-state index contributed by atoms with van der Waals surface area (Å²) in [6.07, 6.45) is 0. The highest BCUT2D eigenvalue weighted by atomic mass is 35.5. The van der Waals surface area contributed by atoms with Crippen molar-refractivity contribution in [2.24, 2.45) is 4.40 Å². The molecule has 4 N–H and O–H groups in total. The SMILES string of the molecule is O=S1(=O)N=C([O-])c2cc(Cl)ccc21.[NH4+]. The van der Waals surface area contributed by atoms with E-state index >= 15 is 0 Å². The molecule has 0 aromatic heterocycles. The minimum Gasteiger partial charge on any atom is -0.858 e. The fourth-order valence-electron chi connectivity index (χ4n) is 1.10. The van der Waals surface area contributed by atoms with Crippen molar-refractivity contribution >= 4 is 27.5 Å². The highest BCUT2D eigenvalue weighted by Crippen LogP contribution is 2.26. The molecule has 0 fully saturated rings. The normalized spacial score (nSPS) is 16.8. The van der Waals surface area contributed by atoms with E-state index in [0.29, 0.717) is 5.02 Å². The van der Waals surface area contributed by atoms with Crippen molar-refractivity contribution in [3.05, 3.63) is 28.8 Å². The summed E-state index contributed by atoms with van der Waals surface area (Å²) in [5.41, 5.74) is 0.0486. The number of hydrogen-bond donors (Lipinski definition) is 1. The van der Waals surface area contributed by atoms with E-state index in [2.05, 4.69) is 4.40 Å². The maximum atomic E-state index is 11.1. The van der Waals surface area contributed by atoms with E-state index in [9.17, 15) is 13.5 Å². The summed E-state index contributed by atoms with van der Waals surface area (Å²) in [4.78, 5) is -0.0677. The van der Waals surface area contributed by atoms with Gasteiger partial charge in [-0.15, -0.1) is 0 Å². The van der Waals surface area contributed by atoms with Crippen LogP contribution in [0.2, 0.25) is 5.02 Å². The molecule has 2 rings (SSSR count). The van der Waals surface area contributed by atoms with Gasteiger partial charge < -0.3 is 11.3 Å². The standard InChI is InChI=1S/C7H4ClNO3S.H3N/c8-4-1-2-6-5(3-4)7(10)9-13(6,11)12;/h1-3H,(H,9,10);1H3. The van der Waals surface area contributed by atoms with E-state index in [-0.39, 0.29) is 16.6 Å². The van der Waals surface area contributed by atoms with Crippen LogP contribution in [0.1, 0.15) is 5.56 Å². The third-order valence-electron chi connectivity index (χ3n) is 1.65. The van der Waals surface area contributed by atoms with Crippen molar-refractivity contribution in [1.29, 1.82) is 0 Å². The van der Waals surface area contributed by atoms with Crippen LogP contribution < -0.4 is 11.3 Å². The molecule has 1 aliphatic rings. The van der Waals surface area contributed by atoms with Gasteiger partial charge in [0.15, 0.2) is 0 Å². The van der Waals surface area contributed by atoms with E-state index in [1.54, 1.807) is 0 Å². The van der Waals surface area contributed by atoms with Crippen LogP contribution in [-0.4, -0.2) is 14.3 Å². The van der Waals surface area contributed by atoms with Crippen LogP contribution in [0.5, 0.6) is 0 Å².